The largest absolute Gasteiger partial charge is 0.426 e. The number of hydrogen-bond donors (Lipinski definition) is 0. The van der Waals surface area contributed by atoms with E-state index in [4.69, 9.17) is 4.74 Å². The second kappa shape index (κ2) is 8.49. The number of allylic oxidation sites excluding steroid dienone is 2. The molecule has 26 heavy (non-hydrogen) atoms. The molecule has 132 valence electrons. The molecule has 0 bridgehead atoms. The molecule has 0 spiro atoms. The lowest BCUT2D eigenvalue weighted by molar-refractivity contribution is -0.133. The number of ether oxygens (including phenoxy) is 1. The summed E-state index contributed by atoms with van der Waals surface area (Å²) in [7, 11) is 0. The summed E-state index contributed by atoms with van der Waals surface area (Å²) in [5.74, 6) is 0.411. The smallest absolute Gasteiger partial charge is 0.315 e. The van der Waals surface area contributed by atoms with Crippen molar-refractivity contribution in [2.24, 2.45) is 0 Å². The van der Waals surface area contributed by atoms with Gasteiger partial charge in [-0.25, -0.2) is 0 Å². The fraction of sp³-hybridized carbons (Fsp3) is 0.174. The summed E-state index contributed by atoms with van der Waals surface area (Å²) in [5, 5.41) is 2.23. The van der Waals surface area contributed by atoms with Crippen LogP contribution in [0.5, 0.6) is 5.75 Å². The number of halogens is 1. The van der Waals surface area contributed by atoms with Crippen molar-refractivity contribution in [2.75, 3.05) is 0 Å². The van der Waals surface area contributed by atoms with E-state index in [0.717, 1.165) is 31.9 Å². The first-order valence-electron chi connectivity index (χ1n) is 8.62. The molecule has 0 unspecified atom stereocenters. The van der Waals surface area contributed by atoms with Gasteiger partial charge in [-0.15, -0.1) is 0 Å². The summed E-state index contributed by atoms with van der Waals surface area (Å²) in [6.07, 6.45) is 3.17. The van der Waals surface area contributed by atoms with Crippen LogP contribution in [0.4, 0.5) is 0 Å². The fourth-order valence-electron chi connectivity index (χ4n) is 2.88. The minimum atomic E-state index is -0.235. The highest BCUT2D eigenvalue weighted by Gasteiger charge is 2.12. The van der Waals surface area contributed by atoms with E-state index in [2.05, 4.69) is 60.7 Å². The van der Waals surface area contributed by atoms with E-state index < -0.39 is 0 Å². The average molecular weight is 456 g/mol. The Kier molecular flexibility index (Phi) is 6.09. The van der Waals surface area contributed by atoms with Gasteiger partial charge in [0.15, 0.2) is 0 Å². The number of esters is 1. The van der Waals surface area contributed by atoms with E-state index in [-0.39, 0.29) is 12.4 Å². The summed E-state index contributed by atoms with van der Waals surface area (Å²) in [6, 6.07) is 20.0. The number of hydrogen-bond acceptors (Lipinski definition) is 2. The molecule has 0 aromatic heterocycles. The molecule has 0 fully saturated rings. The van der Waals surface area contributed by atoms with Gasteiger partial charge in [-0.05, 0) is 83.0 Å². The topological polar surface area (TPSA) is 26.3 Å². The summed E-state index contributed by atoms with van der Waals surface area (Å²) < 4.78 is 6.85. The molecule has 0 aliphatic rings. The Morgan fingerprint density at radius 3 is 2.58 bits per heavy atom. The maximum Gasteiger partial charge on any atom is 0.315 e. The van der Waals surface area contributed by atoms with Crippen LogP contribution in [0, 0.1) is 3.57 Å². The van der Waals surface area contributed by atoms with E-state index >= 15 is 0 Å². The molecular formula is C23H21IO2. The zero-order valence-electron chi connectivity index (χ0n) is 15.0. The zero-order valence-corrected chi connectivity index (χ0v) is 17.1. The molecule has 0 aliphatic carbocycles. The predicted octanol–water partition coefficient (Wildman–Crippen LogP) is 6.10. The van der Waals surface area contributed by atoms with Crippen molar-refractivity contribution >= 4 is 39.3 Å². The Bertz CT molecular complexity index is 964. The van der Waals surface area contributed by atoms with Gasteiger partial charge >= 0.3 is 5.97 Å². The van der Waals surface area contributed by atoms with Crippen molar-refractivity contribution in [3.8, 4) is 5.75 Å². The maximum absolute atomic E-state index is 12.6. The molecule has 0 aliphatic heterocycles. The Morgan fingerprint density at radius 2 is 1.77 bits per heavy atom. The molecule has 0 heterocycles. The van der Waals surface area contributed by atoms with Crippen molar-refractivity contribution in [3.05, 3.63) is 87.0 Å². The Morgan fingerprint density at radius 1 is 1.00 bits per heavy atom. The highest BCUT2D eigenvalue weighted by Crippen LogP contribution is 2.24. The van der Waals surface area contributed by atoms with Crippen LogP contribution in [-0.4, -0.2) is 5.97 Å². The second-order valence-corrected chi connectivity index (χ2v) is 7.77. The second-order valence-electron chi connectivity index (χ2n) is 6.53. The van der Waals surface area contributed by atoms with Crippen LogP contribution in [0.3, 0.4) is 0 Å². The fourth-order valence-corrected chi connectivity index (χ4v) is 3.44. The normalized spacial score (nSPS) is 10.6. The van der Waals surface area contributed by atoms with Crippen molar-refractivity contribution in [3.63, 3.8) is 0 Å². The molecule has 0 saturated carbocycles. The van der Waals surface area contributed by atoms with Gasteiger partial charge in [0.2, 0.25) is 0 Å². The van der Waals surface area contributed by atoms with Gasteiger partial charge in [-0.3, -0.25) is 4.79 Å². The predicted molar refractivity (Wildman–Crippen MR) is 116 cm³/mol. The first kappa shape index (κ1) is 18.6. The minimum absolute atomic E-state index is 0.235. The van der Waals surface area contributed by atoms with Gasteiger partial charge in [0, 0.05) is 3.57 Å². The quantitative estimate of drug-likeness (QED) is 0.201. The molecule has 0 N–H and O–H groups in total. The van der Waals surface area contributed by atoms with Crippen molar-refractivity contribution in [1.29, 1.82) is 0 Å². The molecule has 3 rings (SSSR count). The van der Waals surface area contributed by atoms with Crippen LogP contribution in [0.15, 0.2) is 72.3 Å². The number of rotatable bonds is 5. The molecule has 3 heteroatoms. The van der Waals surface area contributed by atoms with Crippen LogP contribution in [0.25, 0.3) is 10.8 Å². The Balaban J connectivity index is 1.81. The highest BCUT2D eigenvalue weighted by molar-refractivity contribution is 14.1. The van der Waals surface area contributed by atoms with E-state index in [1.807, 2.05) is 42.5 Å². The number of benzene rings is 3. The van der Waals surface area contributed by atoms with Crippen LogP contribution in [-0.2, 0) is 17.6 Å². The van der Waals surface area contributed by atoms with Crippen LogP contribution < -0.4 is 4.74 Å². The summed E-state index contributed by atoms with van der Waals surface area (Å²) in [5.41, 5.74) is 3.27. The third-order valence-corrected chi connectivity index (χ3v) is 4.86. The van der Waals surface area contributed by atoms with Crippen molar-refractivity contribution in [1.82, 2.24) is 0 Å². The molecule has 0 atom stereocenters. The third-order valence-electron chi connectivity index (χ3n) is 4.19. The van der Waals surface area contributed by atoms with Gasteiger partial charge in [0.1, 0.15) is 5.75 Å². The van der Waals surface area contributed by atoms with Gasteiger partial charge in [-0.2, -0.15) is 0 Å². The SMILES string of the molecule is CC(C)=CCc1cc(I)ccc1OC(=O)Cc1cccc2ccccc12. The summed E-state index contributed by atoms with van der Waals surface area (Å²) >= 11 is 2.28. The lowest BCUT2D eigenvalue weighted by atomic mass is 10.0. The van der Waals surface area contributed by atoms with Crippen LogP contribution in [0.2, 0.25) is 0 Å². The van der Waals surface area contributed by atoms with Gasteiger partial charge in [-0.1, -0.05) is 54.1 Å². The highest BCUT2D eigenvalue weighted by atomic mass is 127. The van der Waals surface area contributed by atoms with Gasteiger partial charge in [0.25, 0.3) is 0 Å². The average Bonchev–Trinajstić information content (AvgIpc) is 2.62. The first-order chi connectivity index (χ1) is 12.5. The minimum Gasteiger partial charge on any atom is -0.426 e. The molecule has 2 nitrogen and oxygen atoms in total. The molecule has 3 aromatic rings. The van der Waals surface area contributed by atoms with Crippen molar-refractivity contribution in [2.45, 2.75) is 26.7 Å². The summed E-state index contributed by atoms with van der Waals surface area (Å²) in [6.45, 7) is 4.14. The van der Waals surface area contributed by atoms with Gasteiger partial charge in [0.05, 0.1) is 6.42 Å². The monoisotopic (exact) mass is 456 g/mol. The molecular weight excluding hydrogens is 435 g/mol. The molecule has 3 aromatic carbocycles. The maximum atomic E-state index is 12.6. The van der Waals surface area contributed by atoms with Crippen LogP contribution in [0.1, 0.15) is 25.0 Å². The zero-order chi connectivity index (χ0) is 18.5. The standard InChI is InChI=1S/C23H21IO2/c1-16(2)10-11-19-14-20(24)12-13-22(19)26-23(25)15-18-8-5-7-17-6-3-4-9-21(17)18/h3-10,12-14H,11,15H2,1-2H3. The number of carbonyl (C=O) groups excluding carboxylic acids is 1. The van der Waals surface area contributed by atoms with Crippen molar-refractivity contribution < 1.29 is 9.53 Å². The number of carbonyl (C=O) groups is 1. The molecule has 0 saturated heterocycles. The first-order valence-corrected chi connectivity index (χ1v) is 9.70. The van der Waals surface area contributed by atoms with E-state index in [0.29, 0.717) is 5.75 Å². The third kappa shape index (κ3) is 4.73. The van der Waals surface area contributed by atoms with E-state index in [1.165, 1.54) is 5.57 Å². The van der Waals surface area contributed by atoms with E-state index in [1.54, 1.807) is 0 Å². The Labute approximate surface area is 168 Å². The lowest BCUT2D eigenvalue weighted by Gasteiger charge is -2.11. The number of fused-ring (bicyclic) bond motifs is 1. The summed E-state index contributed by atoms with van der Waals surface area (Å²) in [4.78, 5) is 12.6. The van der Waals surface area contributed by atoms with Crippen LogP contribution >= 0.6 is 22.6 Å². The molecule has 0 amide bonds. The van der Waals surface area contributed by atoms with Gasteiger partial charge < -0.3 is 4.74 Å². The van der Waals surface area contributed by atoms with E-state index in [9.17, 15) is 4.79 Å². The molecule has 0 radical (unpaired) electrons. The Hall–Kier alpha value is -2.14. The lowest BCUT2D eigenvalue weighted by Crippen LogP contribution is -2.12.